The van der Waals surface area contributed by atoms with E-state index < -0.39 is 10.4 Å². The van der Waals surface area contributed by atoms with E-state index in [1.807, 2.05) is 48.5 Å². The van der Waals surface area contributed by atoms with Gasteiger partial charge in [-0.3, -0.25) is 4.55 Å². The van der Waals surface area contributed by atoms with E-state index in [4.69, 9.17) is 48.1 Å². The van der Waals surface area contributed by atoms with Crippen molar-refractivity contribution in [1.82, 2.24) is 0 Å². The van der Waals surface area contributed by atoms with Gasteiger partial charge in [-0.05, 0) is 58.8 Å². The van der Waals surface area contributed by atoms with Crippen LogP contribution in [0.2, 0.25) is 5.02 Å². The van der Waals surface area contributed by atoms with Crippen LogP contribution in [0.3, 0.4) is 0 Å². The van der Waals surface area contributed by atoms with Crippen molar-refractivity contribution in [2.45, 2.75) is 0 Å². The summed E-state index contributed by atoms with van der Waals surface area (Å²) in [6, 6.07) is 20.0. The van der Waals surface area contributed by atoms with E-state index >= 15 is 0 Å². The fourth-order valence-corrected chi connectivity index (χ4v) is 4.53. The first-order valence-corrected chi connectivity index (χ1v) is 13.5. The maximum atomic E-state index is 8.63. The number of pyridine rings is 2. The second kappa shape index (κ2) is 12.0. The third kappa shape index (κ3) is 6.37. The van der Waals surface area contributed by atoms with E-state index in [1.54, 1.807) is 28.4 Å². The van der Waals surface area contributed by atoms with E-state index in [9.17, 15) is 0 Å². The molecule has 2 heterocycles. The molecule has 0 bridgehead atoms. The molecule has 0 spiro atoms. The molecule has 2 aromatic heterocycles. The van der Waals surface area contributed by atoms with Crippen LogP contribution in [0.15, 0.2) is 66.9 Å². The lowest BCUT2D eigenvalue weighted by molar-refractivity contribution is -0.511. The number of ether oxygens (including phenoxy) is 4. The van der Waals surface area contributed by atoms with Gasteiger partial charge in [0.05, 0.1) is 39.2 Å². The van der Waals surface area contributed by atoms with Crippen molar-refractivity contribution in [2.24, 2.45) is 0 Å². The fraction of sp³-hybridized carbons (Fsp3) is 0.138. The van der Waals surface area contributed by atoms with Gasteiger partial charge < -0.3 is 23.5 Å². The molecule has 5 aromatic rings. The fourth-order valence-electron chi connectivity index (χ4n) is 4.41. The van der Waals surface area contributed by atoms with Crippen molar-refractivity contribution in [3.63, 3.8) is 0 Å². The molecule has 0 amide bonds. The Kier molecular flexibility index (Phi) is 8.65. The molecule has 0 saturated carbocycles. The average molecular weight is 584 g/mol. The van der Waals surface area contributed by atoms with Gasteiger partial charge in [-0.15, -0.1) is 0 Å². The number of methoxy groups -OCH3 is 4. The third-order valence-corrected chi connectivity index (χ3v) is 6.43. The van der Waals surface area contributed by atoms with Crippen LogP contribution in [0.25, 0.3) is 39.2 Å². The summed E-state index contributed by atoms with van der Waals surface area (Å²) >= 11 is 6.08. The number of aromatic nitrogens is 1. The largest absolute Gasteiger partial charge is 0.726 e. The SMILES string of the molecule is COc1cc2cc3c4cc(OC)c(OC)cc4cc[n+]3c(/C=C/c3ccc(Cl)cc3)c2cc1OC.O=S(=O)([O-])O. The van der Waals surface area contributed by atoms with Gasteiger partial charge in [0.15, 0.2) is 29.2 Å². The van der Waals surface area contributed by atoms with E-state index in [0.29, 0.717) is 28.0 Å². The Morgan fingerprint density at radius 3 is 1.80 bits per heavy atom. The molecule has 0 saturated heterocycles. The van der Waals surface area contributed by atoms with Crippen LogP contribution >= 0.6 is 11.6 Å². The Morgan fingerprint density at radius 1 is 0.750 bits per heavy atom. The highest BCUT2D eigenvalue weighted by atomic mass is 35.5. The molecule has 5 rings (SSSR count). The highest BCUT2D eigenvalue weighted by molar-refractivity contribution is 7.79. The lowest BCUT2D eigenvalue weighted by Gasteiger charge is -2.12. The molecule has 3 aromatic carbocycles. The van der Waals surface area contributed by atoms with Crippen molar-refractivity contribution < 1.29 is 40.9 Å². The molecule has 40 heavy (non-hydrogen) atoms. The van der Waals surface area contributed by atoms with Crippen molar-refractivity contribution in [2.75, 3.05) is 28.4 Å². The summed E-state index contributed by atoms with van der Waals surface area (Å²) in [5.74, 6) is 2.72. The first-order chi connectivity index (χ1) is 19.1. The van der Waals surface area contributed by atoms with Crippen LogP contribution in [0, 0.1) is 0 Å². The maximum absolute atomic E-state index is 8.63. The standard InChI is InChI=1S/C29H25ClNO4.H2O4S/c1-32-26-14-19-11-12-31-24(10-7-18-5-8-21(30)9-6-18)23-17-29(35-4)27(33-2)15-20(23)13-25(31)22(19)16-28(26)34-3;1-5(2,3)4/h5-17H,1-4H3;(H2,1,2,3,4)/q+1;/p-1/b10-7+;. The number of hydrogen-bond acceptors (Lipinski definition) is 7. The van der Waals surface area contributed by atoms with Crippen LogP contribution in [0.5, 0.6) is 23.0 Å². The van der Waals surface area contributed by atoms with Gasteiger partial charge in [-0.2, -0.15) is 4.40 Å². The molecule has 9 nitrogen and oxygen atoms in total. The lowest BCUT2D eigenvalue weighted by atomic mass is 10.0. The quantitative estimate of drug-likeness (QED) is 0.0903. The van der Waals surface area contributed by atoms with E-state index in [-0.39, 0.29) is 0 Å². The van der Waals surface area contributed by atoms with Gasteiger partial charge in [-0.1, -0.05) is 23.7 Å². The predicted octanol–water partition coefficient (Wildman–Crippen LogP) is 5.59. The van der Waals surface area contributed by atoms with Crippen LogP contribution < -0.4 is 23.3 Å². The maximum Gasteiger partial charge on any atom is 0.219 e. The van der Waals surface area contributed by atoms with Gasteiger partial charge in [0.1, 0.15) is 0 Å². The van der Waals surface area contributed by atoms with E-state index in [1.165, 1.54) is 0 Å². The summed E-state index contributed by atoms with van der Waals surface area (Å²) < 4.78 is 57.3. The number of benzene rings is 3. The van der Waals surface area contributed by atoms with Crippen molar-refractivity contribution in [1.29, 1.82) is 0 Å². The van der Waals surface area contributed by atoms with Crippen LogP contribution in [0.4, 0.5) is 0 Å². The Labute approximate surface area is 236 Å². The van der Waals surface area contributed by atoms with E-state index in [0.717, 1.165) is 38.3 Å². The molecule has 0 aliphatic rings. The second-order valence-corrected chi connectivity index (χ2v) is 9.79. The van der Waals surface area contributed by atoms with Crippen molar-refractivity contribution in [3.05, 3.63) is 83.1 Å². The summed E-state index contributed by atoms with van der Waals surface area (Å²) in [5.41, 5.74) is 3.08. The summed E-state index contributed by atoms with van der Waals surface area (Å²) in [7, 11) is 1.67. The van der Waals surface area contributed by atoms with E-state index in [2.05, 4.69) is 34.9 Å². The summed E-state index contributed by atoms with van der Waals surface area (Å²) in [6.07, 6.45) is 6.26. The molecule has 208 valence electrons. The van der Waals surface area contributed by atoms with Crippen LogP contribution in [0.1, 0.15) is 11.3 Å². The van der Waals surface area contributed by atoms with Crippen molar-refractivity contribution in [3.8, 4) is 23.0 Å². The normalized spacial score (nSPS) is 11.5. The molecule has 0 radical (unpaired) electrons. The van der Waals surface area contributed by atoms with Crippen molar-refractivity contribution >= 4 is 61.2 Å². The number of halogens is 1. The smallest absolute Gasteiger partial charge is 0.219 e. The zero-order chi connectivity index (χ0) is 29.0. The molecule has 0 unspecified atom stereocenters. The monoisotopic (exact) mass is 583 g/mol. The molecule has 1 N–H and O–H groups in total. The van der Waals surface area contributed by atoms with Crippen LogP contribution in [-0.4, -0.2) is 46.0 Å². The van der Waals surface area contributed by atoms with Gasteiger partial charge in [-0.25, -0.2) is 8.42 Å². The lowest BCUT2D eigenvalue weighted by Crippen LogP contribution is -2.26. The summed E-state index contributed by atoms with van der Waals surface area (Å²) in [6.45, 7) is 0. The first kappa shape index (κ1) is 28.9. The molecular formula is C29H26ClNO8S. The van der Waals surface area contributed by atoms with Gasteiger partial charge in [0.2, 0.25) is 21.6 Å². The molecular weight excluding hydrogens is 558 g/mol. The number of fused-ring (bicyclic) bond motifs is 4. The average Bonchev–Trinajstić information content (AvgIpc) is 2.93. The zero-order valence-electron chi connectivity index (χ0n) is 22.0. The Hall–Kier alpha value is -4.09. The Balaban J connectivity index is 0.000000681. The highest BCUT2D eigenvalue weighted by Crippen LogP contribution is 2.37. The number of nitrogens with zero attached hydrogens (tertiary/aromatic N) is 1. The first-order valence-electron chi connectivity index (χ1n) is 11.8. The molecule has 0 fully saturated rings. The minimum atomic E-state index is -4.92. The molecule has 0 atom stereocenters. The van der Waals surface area contributed by atoms with Gasteiger partial charge in [0.25, 0.3) is 0 Å². The molecule has 0 aliphatic carbocycles. The highest BCUT2D eigenvalue weighted by Gasteiger charge is 2.20. The topological polar surface area (TPSA) is 118 Å². The second-order valence-electron chi connectivity index (χ2n) is 8.50. The Bertz CT molecular complexity index is 1830. The Morgan fingerprint density at radius 2 is 1.25 bits per heavy atom. The number of hydrogen-bond donors (Lipinski definition) is 1. The predicted molar refractivity (Wildman–Crippen MR) is 154 cm³/mol. The number of rotatable bonds is 6. The molecule has 11 heteroatoms. The zero-order valence-corrected chi connectivity index (χ0v) is 23.6. The van der Waals surface area contributed by atoms with Gasteiger partial charge in [0, 0.05) is 23.2 Å². The minimum Gasteiger partial charge on any atom is -0.726 e. The molecule has 0 aliphatic heterocycles. The summed E-state index contributed by atoms with van der Waals surface area (Å²) in [5, 5.41) is 4.86. The third-order valence-electron chi connectivity index (χ3n) is 6.18. The van der Waals surface area contributed by atoms with Crippen LogP contribution in [-0.2, 0) is 10.4 Å². The summed E-state index contributed by atoms with van der Waals surface area (Å²) in [4.78, 5) is 0. The minimum absolute atomic E-state index is 0.674. The van der Waals surface area contributed by atoms with Gasteiger partial charge >= 0.3 is 0 Å².